The molecule has 2 aliphatic carbocycles. The molecule has 2 saturated carbocycles. The van der Waals surface area contributed by atoms with Gasteiger partial charge in [0.25, 0.3) is 0 Å². The molecule has 1 aromatic rings. The first kappa shape index (κ1) is 12.7. The molecule has 3 rings (SSSR count). The van der Waals surface area contributed by atoms with Crippen LogP contribution in [0, 0.1) is 17.8 Å². The van der Waals surface area contributed by atoms with Gasteiger partial charge in [0, 0.05) is 24.7 Å². The monoisotopic (exact) mass is 255 g/mol. The zero-order chi connectivity index (χ0) is 13.1. The zero-order valence-corrected chi connectivity index (χ0v) is 11.3. The van der Waals surface area contributed by atoms with Crippen LogP contribution in [-0.2, 0) is 6.54 Å². The average Bonchev–Trinajstić information content (AvgIpc) is 3.28. The van der Waals surface area contributed by atoms with Crippen LogP contribution in [0.5, 0.6) is 0 Å². The Morgan fingerprint density at radius 3 is 2.42 bits per heavy atom. The molecule has 0 aromatic heterocycles. The van der Waals surface area contributed by atoms with Crippen LogP contribution >= 0.6 is 0 Å². The van der Waals surface area contributed by atoms with E-state index in [1.807, 2.05) is 0 Å². The lowest BCUT2D eigenvalue weighted by Gasteiger charge is -2.21. The third-order valence-electron chi connectivity index (χ3n) is 3.90. The average molecular weight is 255 g/mol. The van der Waals surface area contributed by atoms with E-state index in [4.69, 9.17) is 5.11 Å². The molecule has 2 fully saturated rings. The van der Waals surface area contributed by atoms with Gasteiger partial charge in [0.05, 0.1) is 0 Å². The Kier molecular flexibility index (Phi) is 3.87. The van der Waals surface area contributed by atoms with Crippen molar-refractivity contribution in [2.75, 3.05) is 13.2 Å². The number of aliphatic hydroxyl groups excluding tert-OH is 1. The predicted octanol–water partition coefficient (Wildman–Crippen LogP) is 2.40. The maximum Gasteiger partial charge on any atom is 0.104 e. The molecule has 0 radical (unpaired) electrons. The topological polar surface area (TPSA) is 23.5 Å². The van der Waals surface area contributed by atoms with Crippen LogP contribution < -0.4 is 0 Å². The van der Waals surface area contributed by atoms with Crippen LogP contribution in [0.15, 0.2) is 24.3 Å². The lowest BCUT2D eigenvalue weighted by molar-refractivity contribution is 0.244. The minimum atomic E-state index is -0.0708. The van der Waals surface area contributed by atoms with Crippen LogP contribution in [0.4, 0.5) is 0 Å². The zero-order valence-electron chi connectivity index (χ0n) is 11.3. The normalized spacial score (nSPS) is 18.2. The first-order chi connectivity index (χ1) is 9.35. The van der Waals surface area contributed by atoms with Gasteiger partial charge < -0.3 is 5.11 Å². The lowest BCUT2D eigenvalue weighted by Crippen LogP contribution is -2.27. The van der Waals surface area contributed by atoms with Gasteiger partial charge in [0.1, 0.15) is 6.61 Å². The van der Waals surface area contributed by atoms with E-state index in [1.165, 1.54) is 37.8 Å². The summed E-state index contributed by atoms with van der Waals surface area (Å²) in [5, 5.41) is 8.68. The van der Waals surface area contributed by atoms with Gasteiger partial charge in [-0.2, -0.15) is 0 Å². The molecule has 1 aromatic carbocycles. The first-order valence-electron chi connectivity index (χ1n) is 7.28. The number of nitrogens with zero attached hydrogens (tertiary/aromatic N) is 1. The van der Waals surface area contributed by atoms with Gasteiger partial charge in [0.15, 0.2) is 0 Å². The van der Waals surface area contributed by atoms with Crippen molar-refractivity contribution >= 4 is 0 Å². The molecule has 0 saturated heterocycles. The minimum Gasteiger partial charge on any atom is -0.384 e. The van der Waals surface area contributed by atoms with E-state index < -0.39 is 0 Å². The standard InChI is InChI=1S/C17H21NO/c19-11-1-2-14-3-5-15(6-4-14)12-18(17-9-10-17)13-16-7-8-16/h3-6,16-17,19H,7-13H2. The van der Waals surface area contributed by atoms with Crippen molar-refractivity contribution in [3.8, 4) is 11.8 Å². The smallest absolute Gasteiger partial charge is 0.104 e. The Morgan fingerprint density at radius 1 is 1.11 bits per heavy atom. The Morgan fingerprint density at radius 2 is 1.84 bits per heavy atom. The largest absolute Gasteiger partial charge is 0.384 e. The molecular weight excluding hydrogens is 234 g/mol. The second-order valence-corrected chi connectivity index (χ2v) is 5.76. The van der Waals surface area contributed by atoms with Crippen molar-refractivity contribution in [3.63, 3.8) is 0 Å². The highest BCUT2D eigenvalue weighted by molar-refractivity contribution is 5.36. The molecule has 2 nitrogen and oxygen atoms in total. The second-order valence-electron chi connectivity index (χ2n) is 5.76. The lowest BCUT2D eigenvalue weighted by atomic mass is 10.1. The molecule has 0 heterocycles. The number of hydrogen-bond acceptors (Lipinski definition) is 2. The molecule has 2 aliphatic rings. The molecule has 0 spiro atoms. The molecule has 2 heteroatoms. The SMILES string of the molecule is OCC#Cc1ccc(CN(CC2CC2)C2CC2)cc1. The van der Waals surface area contributed by atoms with Crippen molar-refractivity contribution in [1.29, 1.82) is 0 Å². The summed E-state index contributed by atoms with van der Waals surface area (Å²) in [4.78, 5) is 2.66. The second kappa shape index (κ2) is 5.77. The van der Waals surface area contributed by atoms with Gasteiger partial charge in [-0.25, -0.2) is 0 Å². The van der Waals surface area contributed by atoms with Gasteiger partial charge in [-0.1, -0.05) is 24.0 Å². The van der Waals surface area contributed by atoms with E-state index in [0.29, 0.717) is 0 Å². The number of benzene rings is 1. The molecule has 0 amide bonds. The summed E-state index contributed by atoms with van der Waals surface area (Å²) < 4.78 is 0. The predicted molar refractivity (Wildman–Crippen MR) is 76.6 cm³/mol. The van der Waals surface area contributed by atoms with Crippen molar-refractivity contribution in [2.45, 2.75) is 38.3 Å². The fraction of sp³-hybridized carbons (Fsp3) is 0.529. The van der Waals surface area contributed by atoms with Crippen LogP contribution in [-0.4, -0.2) is 29.2 Å². The molecule has 1 N–H and O–H groups in total. The summed E-state index contributed by atoms with van der Waals surface area (Å²) in [7, 11) is 0. The van der Waals surface area contributed by atoms with E-state index in [0.717, 1.165) is 24.1 Å². The number of rotatable bonds is 5. The summed E-state index contributed by atoms with van der Waals surface area (Å²) in [6, 6.07) is 9.29. The van der Waals surface area contributed by atoms with Crippen LogP contribution in [0.25, 0.3) is 0 Å². The third kappa shape index (κ3) is 3.83. The summed E-state index contributed by atoms with van der Waals surface area (Å²) in [6.07, 6.45) is 5.62. The summed E-state index contributed by atoms with van der Waals surface area (Å²) >= 11 is 0. The molecule has 0 bridgehead atoms. The molecule has 100 valence electrons. The van der Waals surface area contributed by atoms with E-state index in [1.54, 1.807) is 0 Å². The third-order valence-corrected chi connectivity index (χ3v) is 3.90. The Balaban J connectivity index is 1.60. The van der Waals surface area contributed by atoms with Crippen LogP contribution in [0.2, 0.25) is 0 Å². The van der Waals surface area contributed by atoms with Crippen LogP contribution in [0.3, 0.4) is 0 Å². The van der Waals surface area contributed by atoms with Gasteiger partial charge in [-0.15, -0.1) is 0 Å². The molecule has 0 aliphatic heterocycles. The van der Waals surface area contributed by atoms with Crippen molar-refractivity contribution < 1.29 is 5.11 Å². The van der Waals surface area contributed by atoms with Gasteiger partial charge in [-0.05, 0) is 49.3 Å². The van der Waals surface area contributed by atoms with Gasteiger partial charge in [-0.3, -0.25) is 4.90 Å². The Labute approximate surface area is 115 Å². The molecule has 0 unspecified atom stereocenters. The number of hydrogen-bond donors (Lipinski definition) is 1. The van der Waals surface area contributed by atoms with Gasteiger partial charge >= 0.3 is 0 Å². The Bertz CT molecular complexity index is 474. The summed E-state index contributed by atoms with van der Waals surface area (Å²) in [5.41, 5.74) is 2.36. The summed E-state index contributed by atoms with van der Waals surface area (Å²) in [5.74, 6) is 6.59. The highest BCUT2D eigenvalue weighted by atomic mass is 16.2. The number of aliphatic hydroxyl groups is 1. The van der Waals surface area contributed by atoms with Crippen molar-refractivity contribution in [1.82, 2.24) is 4.90 Å². The highest BCUT2D eigenvalue weighted by Crippen LogP contribution is 2.35. The Hall–Kier alpha value is -1.30. The van der Waals surface area contributed by atoms with E-state index in [-0.39, 0.29) is 6.61 Å². The van der Waals surface area contributed by atoms with E-state index in [2.05, 4.69) is 41.0 Å². The fourth-order valence-electron chi connectivity index (χ4n) is 2.48. The maximum atomic E-state index is 8.68. The maximum absolute atomic E-state index is 8.68. The molecule has 19 heavy (non-hydrogen) atoms. The van der Waals surface area contributed by atoms with Crippen molar-refractivity contribution in [2.24, 2.45) is 5.92 Å². The highest BCUT2D eigenvalue weighted by Gasteiger charge is 2.33. The van der Waals surface area contributed by atoms with E-state index >= 15 is 0 Å². The minimum absolute atomic E-state index is 0.0708. The first-order valence-corrected chi connectivity index (χ1v) is 7.28. The molecule has 0 atom stereocenters. The fourth-order valence-corrected chi connectivity index (χ4v) is 2.48. The molecular formula is C17H21NO. The van der Waals surface area contributed by atoms with Crippen molar-refractivity contribution in [3.05, 3.63) is 35.4 Å². The van der Waals surface area contributed by atoms with Crippen LogP contribution in [0.1, 0.15) is 36.8 Å². The summed E-state index contributed by atoms with van der Waals surface area (Å²) in [6.45, 7) is 2.30. The van der Waals surface area contributed by atoms with Gasteiger partial charge in [0.2, 0.25) is 0 Å². The quantitative estimate of drug-likeness (QED) is 0.817. The van der Waals surface area contributed by atoms with E-state index in [9.17, 15) is 0 Å².